The molecule has 0 aromatic carbocycles. The monoisotopic (exact) mass is 499 g/mol. The second kappa shape index (κ2) is 12.0. The normalized spacial score (nSPS) is 11.6. The van der Waals surface area contributed by atoms with E-state index in [4.69, 9.17) is 19.3 Å². The molecule has 0 unspecified atom stereocenters. The maximum atomic E-state index is 12.3. The first-order valence-corrected chi connectivity index (χ1v) is 11.6. The highest BCUT2D eigenvalue weighted by atomic mass is 32.2. The third-order valence-electron chi connectivity index (χ3n) is 4.99. The molecule has 0 aliphatic carbocycles. The maximum absolute atomic E-state index is 12.3. The van der Waals surface area contributed by atoms with Crippen molar-refractivity contribution in [1.29, 1.82) is 0 Å². The fraction of sp³-hybridized carbons (Fsp3) is 0.304. The number of anilines is 1. The number of carbonyl (C=O) groups excluding carboxylic acids is 2. The molecule has 0 radical (unpaired) electrons. The number of nitrogens with two attached hydrogens (primary N) is 1. The number of allylic oxidation sites excluding steroid dienone is 1. The molecular formula is C23H25N5O6S. The molecule has 0 atom stereocenters. The number of hydrogen-bond donors (Lipinski definition) is 1. The van der Waals surface area contributed by atoms with E-state index in [2.05, 4.69) is 15.0 Å². The summed E-state index contributed by atoms with van der Waals surface area (Å²) < 4.78 is 15.4. The lowest BCUT2D eigenvalue weighted by atomic mass is 10.2. The Kier molecular flexibility index (Phi) is 8.79. The minimum atomic E-state index is -0.782. The van der Waals surface area contributed by atoms with E-state index >= 15 is 0 Å². The van der Waals surface area contributed by atoms with Crippen LogP contribution >= 0.6 is 11.8 Å². The molecule has 0 fully saturated rings. The number of hydrogen-bond acceptors (Lipinski definition) is 11. The quantitative estimate of drug-likeness (QED) is 0.306. The molecule has 0 bridgehead atoms. The van der Waals surface area contributed by atoms with Crippen LogP contribution in [-0.4, -0.2) is 38.8 Å². The Bertz CT molecular complexity index is 1270. The molecule has 0 spiro atoms. The largest absolute Gasteiger partial charge is 0.519 e. The van der Waals surface area contributed by atoms with Crippen LogP contribution in [-0.2, 0) is 21.8 Å². The topological polar surface area (TPSA) is 155 Å². The number of nitrogen functional groups attached to an aromatic ring is 1. The number of aromatic nitrogens is 3. The van der Waals surface area contributed by atoms with Gasteiger partial charge in [-0.15, -0.1) is 11.8 Å². The van der Waals surface area contributed by atoms with Crippen molar-refractivity contribution < 1.29 is 23.2 Å². The molecule has 3 heterocycles. The number of carbonyl (C=O) groups is 2. The molecule has 0 aliphatic rings. The van der Waals surface area contributed by atoms with Gasteiger partial charge in [0.2, 0.25) is 6.41 Å². The van der Waals surface area contributed by atoms with Crippen LogP contribution in [0.25, 0.3) is 0 Å². The van der Waals surface area contributed by atoms with Crippen LogP contribution in [0.2, 0.25) is 0 Å². The van der Waals surface area contributed by atoms with Crippen molar-refractivity contribution in [3.8, 4) is 0 Å². The van der Waals surface area contributed by atoms with Gasteiger partial charge in [0.1, 0.15) is 17.4 Å². The van der Waals surface area contributed by atoms with Gasteiger partial charge in [-0.25, -0.2) is 19.6 Å². The second-order valence-electron chi connectivity index (χ2n) is 7.42. The van der Waals surface area contributed by atoms with Gasteiger partial charge in [-0.1, -0.05) is 0 Å². The van der Waals surface area contributed by atoms with Gasteiger partial charge in [-0.2, -0.15) is 0 Å². The van der Waals surface area contributed by atoms with Crippen LogP contribution < -0.4 is 11.6 Å². The van der Waals surface area contributed by atoms with Crippen molar-refractivity contribution in [2.75, 3.05) is 12.3 Å². The maximum Gasteiger partial charge on any atom is 0.519 e. The zero-order chi connectivity index (χ0) is 25.4. The van der Waals surface area contributed by atoms with E-state index < -0.39 is 11.8 Å². The van der Waals surface area contributed by atoms with E-state index in [1.54, 1.807) is 45.3 Å². The Labute approximate surface area is 205 Å². The number of amides is 1. The second-order valence-corrected chi connectivity index (χ2v) is 8.49. The molecule has 11 nitrogen and oxygen atoms in total. The molecule has 1 amide bonds. The lowest BCUT2D eigenvalue weighted by Gasteiger charge is -2.22. The van der Waals surface area contributed by atoms with E-state index in [-0.39, 0.29) is 24.7 Å². The SMILES string of the molecule is C/C(=C(\CCOC(=O)c1cccnc1)SCc1oc(=O)oc1C)N(C=O)Cc1cnc(C)nc1N. The summed E-state index contributed by atoms with van der Waals surface area (Å²) in [6, 6.07) is 3.25. The van der Waals surface area contributed by atoms with Crippen molar-refractivity contribution >= 4 is 30.0 Å². The first kappa shape index (κ1) is 25.7. The number of esters is 1. The standard InChI is InChI=1S/C23H25N5O6S/c1-14(28(13-29)11-18-10-26-16(3)27-21(18)24)20(35-12-19-15(2)33-23(31)34-19)6-8-32-22(30)17-5-4-7-25-9-17/h4-5,7,9-10,13H,6,8,11-12H2,1-3H3,(H2,24,26,27)/b20-14-. The summed E-state index contributed by atoms with van der Waals surface area (Å²) in [5.41, 5.74) is 7.53. The summed E-state index contributed by atoms with van der Waals surface area (Å²) in [7, 11) is 0. The van der Waals surface area contributed by atoms with E-state index in [1.165, 1.54) is 22.9 Å². The van der Waals surface area contributed by atoms with Crippen LogP contribution in [0.3, 0.4) is 0 Å². The van der Waals surface area contributed by atoms with Crippen LogP contribution in [0.4, 0.5) is 5.82 Å². The first-order chi connectivity index (χ1) is 16.8. The zero-order valence-electron chi connectivity index (χ0n) is 19.5. The summed E-state index contributed by atoms with van der Waals surface area (Å²) in [6.07, 6.45) is 5.56. The summed E-state index contributed by atoms with van der Waals surface area (Å²) in [5, 5.41) is 0. The fourth-order valence-corrected chi connectivity index (χ4v) is 4.15. The Morgan fingerprint density at radius 3 is 2.71 bits per heavy atom. The Morgan fingerprint density at radius 2 is 2.09 bits per heavy atom. The Hall–Kier alpha value is -3.93. The number of rotatable bonds is 11. The Balaban J connectivity index is 1.79. The van der Waals surface area contributed by atoms with Gasteiger partial charge in [-0.3, -0.25) is 9.78 Å². The first-order valence-electron chi connectivity index (χ1n) is 10.6. The van der Waals surface area contributed by atoms with Crippen molar-refractivity contribution in [2.24, 2.45) is 0 Å². The molecule has 3 rings (SSSR count). The van der Waals surface area contributed by atoms with Gasteiger partial charge in [0.15, 0.2) is 5.76 Å². The minimum Gasteiger partial charge on any atom is -0.462 e. The van der Waals surface area contributed by atoms with Crippen molar-refractivity contribution in [3.63, 3.8) is 0 Å². The summed E-state index contributed by atoms with van der Waals surface area (Å²) in [5.74, 6) is 0.561. The minimum absolute atomic E-state index is 0.0597. The van der Waals surface area contributed by atoms with E-state index in [9.17, 15) is 14.4 Å². The number of thioether (sulfide) groups is 1. The summed E-state index contributed by atoms with van der Waals surface area (Å²) in [4.78, 5) is 50.0. The molecule has 3 aromatic rings. The van der Waals surface area contributed by atoms with Gasteiger partial charge in [-0.05, 0) is 32.9 Å². The van der Waals surface area contributed by atoms with Crippen molar-refractivity contribution in [3.05, 3.63) is 80.4 Å². The van der Waals surface area contributed by atoms with Gasteiger partial charge >= 0.3 is 11.8 Å². The van der Waals surface area contributed by atoms with Crippen LogP contribution in [0.1, 0.15) is 46.6 Å². The molecular weight excluding hydrogens is 474 g/mol. The smallest absolute Gasteiger partial charge is 0.462 e. The highest BCUT2D eigenvalue weighted by Crippen LogP contribution is 2.30. The third-order valence-corrected chi connectivity index (χ3v) is 6.25. The summed E-state index contributed by atoms with van der Waals surface area (Å²) in [6.45, 7) is 5.33. The molecule has 0 saturated carbocycles. The lowest BCUT2D eigenvalue weighted by Crippen LogP contribution is -2.22. The van der Waals surface area contributed by atoms with Crippen LogP contribution in [0, 0.1) is 13.8 Å². The number of pyridine rings is 1. The average molecular weight is 500 g/mol. The van der Waals surface area contributed by atoms with Crippen LogP contribution in [0.5, 0.6) is 0 Å². The number of nitrogens with zero attached hydrogens (tertiary/aromatic N) is 4. The molecule has 3 aromatic heterocycles. The van der Waals surface area contributed by atoms with Gasteiger partial charge in [0.05, 0.1) is 24.5 Å². The van der Waals surface area contributed by atoms with E-state index in [0.29, 0.717) is 47.0 Å². The van der Waals surface area contributed by atoms with E-state index in [1.807, 2.05) is 0 Å². The summed E-state index contributed by atoms with van der Waals surface area (Å²) >= 11 is 1.34. The molecule has 0 saturated heterocycles. The van der Waals surface area contributed by atoms with Crippen molar-refractivity contribution in [2.45, 2.75) is 39.5 Å². The predicted molar refractivity (Wildman–Crippen MR) is 128 cm³/mol. The molecule has 2 N–H and O–H groups in total. The fourth-order valence-electron chi connectivity index (χ4n) is 3.03. The predicted octanol–water partition coefficient (Wildman–Crippen LogP) is 2.99. The highest BCUT2D eigenvalue weighted by molar-refractivity contribution is 8.02. The molecule has 35 heavy (non-hydrogen) atoms. The molecule has 12 heteroatoms. The number of ether oxygens (including phenoxy) is 1. The number of aryl methyl sites for hydroxylation is 2. The van der Waals surface area contributed by atoms with Gasteiger partial charge in [0.25, 0.3) is 0 Å². The molecule has 0 aliphatic heterocycles. The lowest BCUT2D eigenvalue weighted by molar-refractivity contribution is -0.116. The van der Waals surface area contributed by atoms with Gasteiger partial charge < -0.3 is 24.2 Å². The van der Waals surface area contributed by atoms with Crippen LogP contribution in [0.15, 0.2) is 55.0 Å². The highest BCUT2D eigenvalue weighted by Gasteiger charge is 2.17. The van der Waals surface area contributed by atoms with Gasteiger partial charge in [0, 0.05) is 41.2 Å². The van der Waals surface area contributed by atoms with E-state index in [0.717, 1.165) is 4.91 Å². The Morgan fingerprint density at radius 1 is 1.29 bits per heavy atom. The molecule has 184 valence electrons. The zero-order valence-corrected chi connectivity index (χ0v) is 20.3. The third kappa shape index (κ3) is 7.03. The van der Waals surface area contributed by atoms with Crippen molar-refractivity contribution in [1.82, 2.24) is 19.9 Å². The average Bonchev–Trinajstić information content (AvgIpc) is 3.17.